The van der Waals surface area contributed by atoms with Gasteiger partial charge >= 0.3 is 0 Å². The molecule has 0 saturated heterocycles. The highest BCUT2D eigenvalue weighted by Crippen LogP contribution is 2.21. The molecule has 0 spiro atoms. The molecule has 2 N–H and O–H groups in total. The summed E-state index contributed by atoms with van der Waals surface area (Å²) in [7, 11) is 1.57. The number of carbonyl (C=O) groups is 2. The number of nitrogens with zero attached hydrogens (tertiary/aromatic N) is 4. The molecule has 2 heterocycles. The van der Waals surface area contributed by atoms with Crippen LogP contribution in [0.4, 0.5) is 11.4 Å². The summed E-state index contributed by atoms with van der Waals surface area (Å²) in [5.74, 6) is 0.427. The Kier molecular flexibility index (Phi) is 5.99. The molecule has 156 valence electrons. The Morgan fingerprint density at radius 2 is 1.84 bits per heavy atom. The van der Waals surface area contributed by atoms with E-state index < -0.39 is 0 Å². The summed E-state index contributed by atoms with van der Waals surface area (Å²) in [5.41, 5.74) is 1.33. The van der Waals surface area contributed by atoms with E-state index in [1.165, 1.54) is 16.1 Å². The third-order valence-electron chi connectivity index (χ3n) is 4.27. The average Bonchev–Trinajstić information content (AvgIpc) is 3.46. The fourth-order valence-corrected chi connectivity index (χ4v) is 3.44. The second-order valence-corrected chi connectivity index (χ2v) is 7.34. The number of methoxy groups -OCH3 is 1. The van der Waals surface area contributed by atoms with Crippen LogP contribution in [0.2, 0.25) is 0 Å². The molecule has 0 atom stereocenters. The lowest BCUT2D eigenvalue weighted by Gasteiger charge is -2.11. The van der Waals surface area contributed by atoms with E-state index in [-0.39, 0.29) is 18.4 Å². The SMILES string of the molecule is COc1ccc(NC(=O)c2ccccc2NC(=O)Cn2nnc(-c3cccs3)n2)cc1. The van der Waals surface area contributed by atoms with E-state index in [0.717, 1.165) is 4.88 Å². The van der Waals surface area contributed by atoms with E-state index in [1.807, 2.05) is 17.5 Å². The normalized spacial score (nSPS) is 10.5. The summed E-state index contributed by atoms with van der Waals surface area (Å²) < 4.78 is 5.12. The lowest BCUT2D eigenvalue weighted by molar-refractivity contribution is -0.117. The van der Waals surface area contributed by atoms with E-state index in [4.69, 9.17) is 4.74 Å². The Morgan fingerprint density at radius 1 is 1.03 bits per heavy atom. The molecular weight excluding hydrogens is 416 g/mol. The molecule has 2 aromatic heterocycles. The van der Waals surface area contributed by atoms with Crippen LogP contribution in [0.15, 0.2) is 66.0 Å². The lowest BCUT2D eigenvalue weighted by atomic mass is 10.1. The van der Waals surface area contributed by atoms with Crippen LogP contribution in [-0.4, -0.2) is 39.1 Å². The van der Waals surface area contributed by atoms with Crippen molar-refractivity contribution in [3.63, 3.8) is 0 Å². The van der Waals surface area contributed by atoms with Gasteiger partial charge in [-0.05, 0) is 53.1 Å². The van der Waals surface area contributed by atoms with Crippen LogP contribution < -0.4 is 15.4 Å². The number of hydrogen-bond donors (Lipinski definition) is 2. The van der Waals surface area contributed by atoms with Crippen molar-refractivity contribution in [3.05, 3.63) is 71.6 Å². The molecule has 10 heteroatoms. The van der Waals surface area contributed by atoms with Gasteiger partial charge in [0.05, 0.1) is 23.2 Å². The summed E-state index contributed by atoms with van der Waals surface area (Å²) in [6.07, 6.45) is 0. The molecule has 0 bridgehead atoms. The minimum absolute atomic E-state index is 0.132. The first-order chi connectivity index (χ1) is 15.1. The number of amides is 2. The fraction of sp³-hybridized carbons (Fsp3) is 0.0952. The van der Waals surface area contributed by atoms with Gasteiger partial charge in [0.15, 0.2) is 0 Å². The van der Waals surface area contributed by atoms with Gasteiger partial charge in [-0.2, -0.15) is 4.80 Å². The van der Waals surface area contributed by atoms with Gasteiger partial charge in [-0.15, -0.1) is 21.5 Å². The van der Waals surface area contributed by atoms with E-state index in [0.29, 0.717) is 28.5 Å². The van der Waals surface area contributed by atoms with Crippen LogP contribution in [0.25, 0.3) is 10.7 Å². The maximum absolute atomic E-state index is 12.7. The summed E-state index contributed by atoms with van der Waals surface area (Å²) >= 11 is 1.49. The van der Waals surface area contributed by atoms with Gasteiger partial charge in [0.1, 0.15) is 12.3 Å². The van der Waals surface area contributed by atoms with E-state index in [1.54, 1.807) is 55.6 Å². The monoisotopic (exact) mass is 434 g/mol. The number of ether oxygens (including phenoxy) is 1. The standard InChI is InChI=1S/C21H18N6O3S/c1-30-15-10-8-14(9-11-15)22-21(29)16-5-2-3-6-17(16)23-19(28)13-27-25-20(24-26-27)18-7-4-12-31-18/h2-12H,13H2,1H3,(H,22,29)(H,23,28). The van der Waals surface area contributed by atoms with E-state index in [9.17, 15) is 9.59 Å². The molecule has 9 nitrogen and oxygen atoms in total. The van der Waals surface area contributed by atoms with Crippen molar-refractivity contribution in [1.29, 1.82) is 0 Å². The zero-order valence-corrected chi connectivity index (χ0v) is 17.3. The topological polar surface area (TPSA) is 111 Å². The van der Waals surface area contributed by atoms with Gasteiger partial charge in [0.2, 0.25) is 11.7 Å². The number of hydrogen-bond acceptors (Lipinski definition) is 7. The van der Waals surface area contributed by atoms with Crippen molar-refractivity contribution < 1.29 is 14.3 Å². The number of para-hydroxylation sites is 1. The van der Waals surface area contributed by atoms with E-state index in [2.05, 4.69) is 26.0 Å². The third-order valence-corrected chi connectivity index (χ3v) is 5.14. The number of thiophene rings is 1. The number of anilines is 2. The number of rotatable bonds is 7. The Labute approximate surface area is 181 Å². The van der Waals surface area contributed by atoms with Gasteiger partial charge in [-0.3, -0.25) is 9.59 Å². The summed E-state index contributed by atoms with van der Waals surface area (Å²) in [4.78, 5) is 27.3. The zero-order chi connectivity index (χ0) is 21.6. The smallest absolute Gasteiger partial charge is 0.257 e. The van der Waals surface area contributed by atoms with Crippen LogP contribution in [0, 0.1) is 0 Å². The highest BCUT2D eigenvalue weighted by atomic mass is 32.1. The molecule has 0 aliphatic heterocycles. The van der Waals surface area contributed by atoms with Crippen molar-refractivity contribution in [3.8, 4) is 16.5 Å². The van der Waals surface area contributed by atoms with Crippen LogP contribution >= 0.6 is 11.3 Å². The van der Waals surface area contributed by atoms with Crippen LogP contribution in [-0.2, 0) is 11.3 Å². The minimum atomic E-state index is -0.375. The van der Waals surface area contributed by atoms with Crippen LogP contribution in [0.5, 0.6) is 5.75 Å². The van der Waals surface area contributed by atoms with Gasteiger partial charge < -0.3 is 15.4 Å². The number of carbonyl (C=O) groups excluding carboxylic acids is 2. The minimum Gasteiger partial charge on any atom is -0.497 e. The van der Waals surface area contributed by atoms with Gasteiger partial charge in [-0.1, -0.05) is 18.2 Å². The fourth-order valence-electron chi connectivity index (χ4n) is 2.80. The second-order valence-electron chi connectivity index (χ2n) is 6.40. The molecule has 31 heavy (non-hydrogen) atoms. The molecule has 4 aromatic rings. The maximum Gasteiger partial charge on any atom is 0.257 e. The number of benzene rings is 2. The Bertz CT molecular complexity index is 1190. The zero-order valence-electron chi connectivity index (χ0n) is 16.5. The Morgan fingerprint density at radius 3 is 2.58 bits per heavy atom. The number of aromatic nitrogens is 4. The maximum atomic E-state index is 12.7. The first-order valence-corrected chi connectivity index (χ1v) is 10.2. The molecule has 0 aliphatic carbocycles. The van der Waals surface area contributed by atoms with Crippen molar-refractivity contribution in [2.75, 3.05) is 17.7 Å². The molecule has 4 rings (SSSR count). The van der Waals surface area contributed by atoms with Crippen molar-refractivity contribution in [2.24, 2.45) is 0 Å². The summed E-state index contributed by atoms with van der Waals surface area (Å²) in [6.45, 7) is -0.132. The van der Waals surface area contributed by atoms with Crippen LogP contribution in [0.3, 0.4) is 0 Å². The highest BCUT2D eigenvalue weighted by Gasteiger charge is 2.15. The third kappa shape index (κ3) is 4.93. The highest BCUT2D eigenvalue weighted by molar-refractivity contribution is 7.13. The molecule has 0 fully saturated rings. The number of nitrogens with one attached hydrogen (secondary N) is 2. The molecule has 2 amide bonds. The molecule has 2 aromatic carbocycles. The Balaban J connectivity index is 1.43. The summed E-state index contributed by atoms with van der Waals surface area (Å²) in [6, 6.07) is 17.5. The molecule has 0 radical (unpaired) electrons. The average molecular weight is 434 g/mol. The van der Waals surface area contributed by atoms with Crippen LogP contribution in [0.1, 0.15) is 10.4 Å². The molecule has 0 aliphatic rings. The predicted molar refractivity (Wildman–Crippen MR) is 117 cm³/mol. The largest absolute Gasteiger partial charge is 0.497 e. The van der Waals surface area contributed by atoms with Crippen molar-refractivity contribution >= 4 is 34.5 Å². The lowest BCUT2D eigenvalue weighted by Crippen LogP contribution is -2.22. The first-order valence-electron chi connectivity index (χ1n) is 9.28. The summed E-state index contributed by atoms with van der Waals surface area (Å²) in [5, 5.41) is 19.6. The molecule has 0 unspecified atom stereocenters. The molecular formula is C21H18N6O3S. The predicted octanol–water partition coefficient (Wildman–Crippen LogP) is 3.30. The molecule has 0 saturated carbocycles. The van der Waals surface area contributed by atoms with E-state index >= 15 is 0 Å². The first kappa shape index (κ1) is 20.2. The van der Waals surface area contributed by atoms with Gasteiger partial charge in [0, 0.05) is 5.69 Å². The van der Waals surface area contributed by atoms with Gasteiger partial charge in [-0.25, -0.2) is 0 Å². The van der Waals surface area contributed by atoms with Gasteiger partial charge in [0.25, 0.3) is 5.91 Å². The van der Waals surface area contributed by atoms with Crippen molar-refractivity contribution in [2.45, 2.75) is 6.54 Å². The Hall–Kier alpha value is -4.05. The second kappa shape index (κ2) is 9.18. The number of tetrazole rings is 1. The van der Waals surface area contributed by atoms with Crippen molar-refractivity contribution in [1.82, 2.24) is 20.2 Å². The quantitative estimate of drug-likeness (QED) is 0.462.